The Kier molecular flexibility index (Phi) is 12.6. The van der Waals surface area contributed by atoms with Crippen LogP contribution in [-0.2, 0) is 19.6 Å². The number of ether oxygens (including phenoxy) is 1. The zero-order chi connectivity index (χ0) is 22.6. The molecule has 2 aromatic carbocycles. The minimum atomic E-state index is 0. The average Bonchev–Trinajstić information content (AvgIpc) is 2.81. The highest BCUT2D eigenvalue weighted by Crippen LogP contribution is 2.14. The molecule has 0 saturated carbocycles. The molecule has 0 amide bonds. The summed E-state index contributed by atoms with van der Waals surface area (Å²) in [6.45, 7) is 6.56. The van der Waals surface area contributed by atoms with Gasteiger partial charge in [0.2, 0.25) is 0 Å². The highest BCUT2D eigenvalue weighted by molar-refractivity contribution is 14.0. The Morgan fingerprint density at radius 3 is 2.27 bits per heavy atom. The molecule has 1 fully saturated rings. The van der Waals surface area contributed by atoms with E-state index >= 15 is 0 Å². The summed E-state index contributed by atoms with van der Waals surface area (Å²) in [5, 5.41) is 6.80. The summed E-state index contributed by atoms with van der Waals surface area (Å²) in [5.74, 6) is 1.69. The van der Waals surface area contributed by atoms with E-state index in [2.05, 4.69) is 61.8 Å². The molecule has 0 aliphatic carbocycles. The molecule has 2 N–H and O–H groups in total. The molecule has 6 nitrogen and oxygen atoms in total. The number of guanidine groups is 1. The van der Waals surface area contributed by atoms with Crippen molar-refractivity contribution in [3.05, 3.63) is 65.2 Å². The number of hydrogen-bond acceptors (Lipinski definition) is 4. The number of nitrogens with zero attached hydrogens (tertiary/aromatic N) is 3. The third-order valence-electron chi connectivity index (χ3n) is 5.73. The molecule has 2 aromatic rings. The first-order valence-corrected chi connectivity index (χ1v) is 11.7. The number of piperidine rings is 1. The number of hydrogen-bond donors (Lipinski definition) is 2. The van der Waals surface area contributed by atoms with Gasteiger partial charge in [0.1, 0.15) is 12.4 Å². The number of likely N-dealkylation sites (tertiary alicyclic amines) is 1. The predicted molar refractivity (Wildman–Crippen MR) is 149 cm³/mol. The highest BCUT2D eigenvalue weighted by atomic mass is 127. The van der Waals surface area contributed by atoms with Crippen molar-refractivity contribution in [1.82, 2.24) is 20.4 Å². The van der Waals surface area contributed by atoms with Crippen LogP contribution in [0.2, 0.25) is 0 Å². The van der Waals surface area contributed by atoms with Gasteiger partial charge in [0.15, 0.2) is 5.96 Å². The fraction of sp³-hybridized carbons (Fsp3) is 0.500. The lowest BCUT2D eigenvalue weighted by atomic mass is 10.1. The van der Waals surface area contributed by atoms with Crippen LogP contribution in [-0.4, -0.2) is 63.1 Å². The largest absolute Gasteiger partial charge is 0.492 e. The Balaban J connectivity index is 0.00000385. The fourth-order valence-electron chi connectivity index (χ4n) is 3.82. The maximum absolute atomic E-state index is 5.84. The lowest BCUT2D eigenvalue weighted by Crippen LogP contribution is -2.36. The molecule has 1 aliphatic rings. The van der Waals surface area contributed by atoms with Gasteiger partial charge in [-0.1, -0.05) is 42.8 Å². The molecule has 0 radical (unpaired) electrons. The van der Waals surface area contributed by atoms with Gasteiger partial charge in [-0.25, -0.2) is 0 Å². The standard InChI is InChI=1S/C26H39N5O.HI/c1-27-26(29-20-24-8-7-9-25(18-24)32-17-16-30(2)3)28-19-22-10-12-23(13-11-22)21-31-14-5-4-6-15-31;/h7-13,18H,4-6,14-17,19-21H2,1-3H3,(H2,27,28,29);1H. The number of benzene rings is 2. The minimum absolute atomic E-state index is 0. The third-order valence-corrected chi connectivity index (χ3v) is 5.73. The van der Waals surface area contributed by atoms with E-state index in [4.69, 9.17) is 4.74 Å². The number of halogens is 1. The molecule has 0 spiro atoms. The van der Waals surface area contributed by atoms with Gasteiger partial charge in [0.05, 0.1) is 0 Å². The summed E-state index contributed by atoms with van der Waals surface area (Å²) >= 11 is 0. The van der Waals surface area contributed by atoms with Gasteiger partial charge in [0.25, 0.3) is 0 Å². The normalized spacial score (nSPS) is 14.6. The molecule has 0 bridgehead atoms. The van der Waals surface area contributed by atoms with Crippen molar-refractivity contribution in [1.29, 1.82) is 0 Å². The Hall–Kier alpha value is -1.84. The van der Waals surface area contributed by atoms with Crippen LogP contribution in [0.15, 0.2) is 53.5 Å². The first-order chi connectivity index (χ1) is 15.6. The SMILES string of the molecule is CN=C(NCc1ccc(CN2CCCCC2)cc1)NCc1cccc(OCCN(C)C)c1.I. The molecular weight excluding hydrogens is 525 g/mol. The number of rotatable bonds is 10. The molecule has 33 heavy (non-hydrogen) atoms. The Morgan fingerprint density at radius 1 is 0.939 bits per heavy atom. The summed E-state index contributed by atoms with van der Waals surface area (Å²) in [4.78, 5) is 9.03. The van der Waals surface area contributed by atoms with Crippen LogP contribution < -0.4 is 15.4 Å². The average molecular weight is 566 g/mol. The van der Waals surface area contributed by atoms with Crippen molar-refractivity contribution < 1.29 is 4.74 Å². The summed E-state index contributed by atoms with van der Waals surface area (Å²) < 4.78 is 5.84. The van der Waals surface area contributed by atoms with Crippen molar-refractivity contribution in [3.8, 4) is 5.75 Å². The molecular formula is C26H40IN5O. The number of likely N-dealkylation sites (N-methyl/N-ethyl adjacent to an activating group) is 1. The lowest BCUT2D eigenvalue weighted by molar-refractivity contribution is 0.221. The van der Waals surface area contributed by atoms with E-state index in [9.17, 15) is 0 Å². The van der Waals surface area contributed by atoms with Crippen molar-refractivity contribution in [2.24, 2.45) is 4.99 Å². The molecule has 1 aliphatic heterocycles. The first-order valence-electron chi connectivity index (χ1n) is 11.7. The second-order valence-electron chi connectivity index (χ2n) is 8.73. The fourth-order valence-corrected chi connectivity index (χ4v) is 3.82. The van der Waals surface area contributed by atoms with Crippen LogP contribution in [0, 0.1) is 0 Å². The third kappa shape index (κ3) is 10.3. The minimum Gasteiger partial charge on any atom is -0.492 e. The summed E-state index contributed by atoms with van der Waals surface area (Å²) in [6.07, 6.45) is 4.05. The van der Waals surface area contributed by atoms with Crippen molar-refractivity contribution in [2.45, 2.75) is 38.9 Å². The zero-order valence-electron chi connectivity index (χ0n) is 20.3. The van der Waals surface area contributed by atoms with Gasteiger partial charge in [-0.3, -0.25) is 9.89 Å². The van der Waals surface area contributed by atoms with E-state index in [-0.39, 0.29) is 24.0 Å². The number of aliphatic imine (C=N–C) groups is 1. The maximum Gasteiger partial charge on any atom is 0.191 e. The molecule has 7 heteroatoms. The summed E-state index contributed by atoms with van der Waals surface area (Å²) in [7, 11) is 5.90. The zero-order valence-corrected chi connectivity index (χ0v) is 22.7. The Bertz CT molecular complexity index is 835. The molecule has 1 heterocycles. The van der Waals surface area contributed by atoms with Crippen molar-refractivity contribution in [3.63, 3.8) is 0 Å². The van der Waals surface area contributed by atoms with Crippen LogP contribution in [0.4, 0.5) is 0 Å². The second kappa shape index (κ2) is 15.1. The van der Waals surface area contributed by atoms with Gasteiger partial charge in [0, 0.05) is 33.2 Å². The van der Waals surface area contributed by atoms with Crippen LogP contribution in [0.5, 0.6) is 5.75 Å². The molecule has 0 atom stereocenters. The van der Waals surface area contributed by atoms with E-state index < -0.39 is 0 Å². The Labute approximate surface area is 216 Å². The van der Waals surface area contributed by atoms with Crippen LogP contribution >= 0.6 is 24.0 Å². The van der Waals surface area contributed by atoms with E-state index in [1.54, 1.807) is 7.05 Å². The van der Waals surface area contributed by atoms with Gasteiger partial charge in [-0.15, -0.1) is 24.0 Å². The predicted octanol–water partition coefficient (Wildman–Crippen LogP) is 4.10. The van der Waals surface area contributed by atoms with Crippen LogP contribution in [0.3, 0.4) is 0 Å². The van der Waals surface area contributed by atoms with Crippen molar-refractivity contribution >= 4 is 29.9 Å². The maximum atomic E-state index is 5.84. The van der Waals surface area contributed by atoms with Crippen LogP contribution in [0.25, 0.3) is 0 Å². The second-order valence-corrected chi connectivity index (χ2v) is 8.73. The smallest absolute Gasteiger partial charge is 0.191 e. The summed E-state index contributed by atoms with van der Waals surface area (Å²) in [5.41, 5.74) is 3.81. The van der Waals surface area contributed by atoms with E-state index in [0.717, 1.165) is 36.9 Å². The molecule has 1 saturated heterocycles. The highest BCUT2D eigenvalue weighted by Gasteiger charge is 2.10. The lowest BCUT2D eigenvalue weighted by Gasteiger charge is -2.26. The molecule has 3 rings (SSSR count). The summed E-state index contributed by atoms with van der Waals surface area (Å²) in [6, 6.07) is 17.2. The topological polar surface area (TPSA) is 52.1 Å². The first kappa shape index (κ1) is 27.4. The van der Waals surface area contributed by atoms with Gasteiger partial charge >= 0.3 is 0 Å². The van der Waals surface area contributed by atoms with Crippen LogP contribution in [0.1, 0.15) is 36.0 Å². The van der Waals surface area contributed by atoms with Gasteiger partial charge in [-0.05, 0) is 68.8 Å². The quantitative estimate of drug-likeness (QED) is 0.258. The monoisotopic (exact) mass is 565 g/mol. The van der Waals surface area contributed by atoms with Crippen molar-refractivity contribution in [2.75, 3.05) is 47.4 Å². The molecule has 182 valence electrons. The van der Waals surface area contributed by atoms with E-state index in [1.807, 2.05) is 26.2 Å². The van der Waals surface area contributed by atoms with Gasteiger partial charge < -0.3 is 20.3 Å². The molecule has 0 unspecified atom stereocenters. The van der Waals surface area contributed by atoms with E-state index in [0.29, 0.717) is 13.2 Å². The number of nitrogens with one attached hydrogen (secondary N) is 2. The molecule has 0 aromatic heterocycles. The van der Waals surface area contributed by atoms with Gasteiger partial charge in [-0.2, -0.15) is 0 Å². The van der Waals surface area contributed by atoms with E-state index in [1.165, 1.54) is 43.5 Å². The Morgan fingerprint density at radius 2 is 1.61 bits per heavy atom.